The first-order valence-electron chi connectivity index (χ1n) is 7.18. The first-order chi connectivity index (χ1) is 8.66. The minimum atomic E-state index is 0.688. The fraction of sp³-hybridized carbons (Fsp3) is 0.625. The van der Waals surface area contributed by atoms with Gasteiger partial charge in [-0.1, -0.05) is 24.3 Å². The second-order valence-corrected chi connectivity index (χ2v) is 5.70. The Labute approximate surface area is 111 Å². The zero-order chi connectivity index (χ0) is 13.0. The highest BCUT2D eigenvalue weighted by Crippen LogP contribution is 2.12. The Morgan fingerprint density at radius 1 is 1.33 bits per heavy atom. The second kappa shape index (κ2) is 6.35. The van der Waals surface area contributed by atoms with Crippen molar-refractivity contribution in [3.63, 3.8) is 0 Å². The lowest BCUT2D eigenvalue weighted by Gasteiger charge is -2.20. The molecule has 0 radical (unpaired) electrons. The molecule has 1 N–H and O–H groups in total. The van der Waals surface area contributed by atoms with E-state index in [9.17, 15) is 0 Å². The lowest BCUT2D eigenvalue weighted by Crippen LogP contribution is -2.36. The topological polar surface area (TPSA) is 15.3 Å². The molecular formula is C16H26N2. The van der Waals surface area contributed by atoms with Crippen molar-refractivity contribution >= 4 is 0 Å². The SMILES string of the molecule is Cc1ccccc1CCNC1CCN(C(C)C)C1. The summed E-state index contributed by atoms with van der Waals surface area (Å²) in [6.45, 7) is 10.3. The number of nitrogens with zero attached hydrogens (tertiary/aromatic N) is 1. The van der Waals surface area contributed by atoms with Gasteiger partial charge in [-0.3, -0.25) is 4.90 Å². The van der Waals surface area contributed by atoms with Crippen LogP contribution < -0.4 is 5.32 Å². The molecule has 1 aliphatic heterocycles. The van der Waals surface area contributed by atoms with E-state index in [0.717, 1.165) is 13.0 Å². The van der Waals surface area contributed by atoms with Crippen molar-refractivity contribution in [2.24, 2.45) is 0 Å². The van der Waals surface area contributed by atoms with Gasteiger partial charge in [-0.15, -0.1) is 0 Å². The summed E-state index contributed by atoms with van der Waals surface area (Å²) < 4.78 is 0. The molecule has 0 amide bonds. The summed E-state index contributed by atoms with van der Waals surface area (Å²) in [5.74, 6) is 0. The fourth-order valence-corrected chi connectivity index (χ4v) is 2.72. The van der Waals surface area contributed by atoms with Gasteiger partial charge in [-0.05, 0) is 57.8 Å². The maximum Gasteiger partial charge on any atom is 0.0207 e. The first kappa shape index (κ1) is 13.6. The fourth-order valence-electron chi connectivity index (χ4n) is 2.72. The molecule has 1 unspecified atom stereocenters. The van der Waals surface area contributed by atoms with Crippen LogP contribution in [0, 0.1) is 6.92 Å². The molecule has 2 nitrogen and oxygen atoms in total. The Morgan fingerprint density at radius 3 is 2.78 bits per heavy atom. The van der Waals surface area contributed by atoms with Crippen molar-refractivity contribution in [2.45, 2.75) is 45.7 Å². The number of hydrogen-bond donors (Lipinski definition) is 1. The highest BCUT2D eigenvalue weighted by molar-refractivity contribution is 5.25. The van der Waals surface area contributed by atoms with Gasteiger partial charge >= 0.3 is 0 Å². The largest absolute Gasteiger partial charge is 0.312 e. The van der Waals surface area contributed by atoms with Crippen LogP contribution >= 0.6 is 0 Å². The molecule has 1 aromatic rings. The highest BCUT2D eigenvalue weighted by Gasteiger charge is 2.23. The average molecular weight is 246 g/mol. The summed E-state index contributed by atoms with van der Waals surface area (Å²) in [4.78, 5) is 2.56. The zero-order valence-electron chi connectivity index (χ0n) is 11.9. The third-order valence-corrected chi connectivity index (χ3v) is 4.04. The summed E-state index contributed by atoms with van der Waals surface area (Å²) in [6, 6.07) is 10.1. The summed E-state index contributed by atoms with van der Waals surface area (Å²) in [6.07, 6.45) is 2.44. The van der Waals surface area contributed by atoms with Crippen LogP contribution in [-0.4, -0.2) is 36.6 Å². The Morgan fingerprint density at radius 2 is 2.11 bits per heavy atom. The van der Waals surface area contributed by atoms with E-state index in [1.54, 1.807) is 0 Å². The molecule has 1 atom stereocenters. The highest BCUT2D eigenvalue weighted by atomic mass is 15.2. The third-order valence-electron chi connectivity index (χ3n) is 4.04. The van der Waals surface area contributed by atoms with E-state index in [2.05, 4.69) is 55.3 Å². The van der Waals surface area contributed by atoms with Crippen molar-refractivity contribution < 1.29 is 0 Å². The number of benzene rings is 1. The molecular weight excluding hydrogens is 220 g/mol. The second-order valence-electron chi connectivity index (χ2n) is 5.70. The van der Waals surface area contributed by atoms with Gasteiger partial charge in [0, 0.05) is 18.6 Å². The maximum absolute atomic E-state index is 3.70. The number of likely N-dealkylation sites (tertiary alicyclic amines) is 1. The van der Waals surface area contributed by atoms with E-state index in [1.165, 1.54) is 30.6 Å². The van der Waals surface area contributed by atoms with Gasteiger partial charge in [0.05, 0.1) is 0 Å². The molecule has 100 valence electrons. The molecule has 2 rings (SSSR count). The number of rotatable bonds is 5. The van der Waals surface area contributed by atoms with E-state index in [1.807, 2.05) is 0 Å². The van der Waals surface area contributed by atoms with Crippen molar-refractivity contribution in [3.8, 4) is 0 Å². The normalized spacial score (nSPS) is 20.8. The predicted octanol–water partition coefficient (Wildman–Crippen LogP) is 2.61. The van der Waals surface area contributed by atoms with Crippen molar-refractivity contribution in [1.29, 1.82) is 0 Å². The molecule has 1 fully saturated rings. The molecule has 1 aromatic carbocycles. The third kappa shape index (κ3) is 3.56. The van der Waals surface area contributed by atoms with E-state index in [4.69, 9.17) is 0 Å². The Hall–Kier alpha value is -0.860. The van der Waals surface area contributed by atoms with Crippen LogP contribution in [0.25, 0.3) is 0 Å². The molecule has 0 spiro atoms. The monoisotopic (exact) mass is 246 g/mol. The van der Waals surface area contributed by atoms with Gasteiger partial charge in [0.2, 0.25) is 0 Å². The maximum atomic E-state index is 3.70. The summed E-state index contributed by atoms with van der Waals surface area (Å²) >= 11 is 0. The molecule has 2 heteroatoms. The van der Waals surface area contributed by atoms with E-state index in [0.29, 0.717) is 12.1 Å². The average Bonchev–Trinajstić information content (AvgIpc) is 2.80. The zero-order valence-corrected chi connectivity index (χ0v) is 11.9. The van der Waals surface area contributed by atoms with Crippen LogP contribution in [0.15, 0.2) is 24.3 Å². The molecule has 0 bridgehead atoms. The van der Waals surface area contributed by atoms with Gasteiger partial charge in [0.1, 0.15) is 0 Å². The lowest BCUT2D eigenvalue weighted by atomic mass is 10.1. The van der Waals surface area contributed by atoms with Crippen LogP contribution in [0.5, 0.6) is 0 Å². The molecule has 18 heavy (non-hydrogen) atoms. The van der Waals surface area contributed by atoms with Gasteiger partial charge in [0.15, 0.2) is 0 Å². The number of aryl methyl sites for hydroxylation is 1. The minimum absolute atomic E-state index is 0.688. The number of nitrogens with one attached hydrogen (secondary N) is 1. The van der Waals surface area contributed by atoms with Crippen molar-refractivity contribution in [1.82, 2.24) is 10.2 Å². The van der Waals surface area contributed by atoms with Crippen molar-refractivity contribution in [3.05, 3.63) is 35.4 Å². The lowest BCUT2D eigenvalue weighted by molar-refractivity contribution is 0.268. The Balaban J connectivity index is 1.72. The van der Waals surface area contributed by atoms with Gasteiger partial charge in [-0.25, -0.2) is 0 Å². The standard InChI is InChI=1S/C16H26N2/c1-13(2)18-11-9-16(12-18)17-10-8-15-7-5-4-6-14(15)3/h4-7,13,16-17H,8-12H2,1-3H3. The van der Waals surface area contributed by atoms with Gasteiger partial charge < -0.3 is 5.32 Å². The molecule has 1 heterocycles. The molecule has 0 saturated carbocycles. The first-order valence-corrected chi connectivity index (χ1v) is 7.18. The quantitative estimate of drug-likeness (QED) is 0.859. The van der Waals surface area contributed by atoms with Crippen LogP contribution in [0.1, 0.15) is 31.4 Å². The van der Waals surface area contributed by atoms with E-state index >= 15 is 0 Å². The molecule has 1 aliphatic rings. The smallest absolute Gasteiger partial charge is 0.0207 e. The van der Waals surface area contributed by atoms with Crippen molar-refractivity contribution in [2.75, 3.05) is 19.6 Å². The molecule has 0 aliphatic carbocycles. The van der Waals surface area contributed by atoms with Crippen LogP contribution in [0.2, 0.25) is 0 Å². The Bertz CT molecular complexity index is 373. The summed E-state index contributed by atoms with van der Waals surface area (Å²) in [5.41, 5.74) is 2.89. The van der Waals surface area contributed by atoms with E-state index in [-0.39, 0.29) is 0 Å². The summed E-state index contributed by atoms with van der Waals surface area (Å²) in [5, 5.41) is 3.70. The van der Waals surface area contributed by atoms with Gasteiger partial charge in [-0.2, -0.15) is 0 Å². The van der Waals surface area contributed by atoms with Gasteiger partial charge in [0.25, 0.3) is 0 Å². The van der Waals surface area contributed by atoms with Crippen LogP contribution in [-0.2, 0) is 6.42 Å². The van der Waals surface area contributed by atoms with E-state index < -0.39 is 0 Å². The minimum Gasteiger partial charge on any atom is -0.312 e. The molecule has 0 aromatic heterocycles. The predicted molar refractivity (Wildman–Crippen MR) is 78.0 cm³/mol. The Kier molecular flexibility index (Phi) is 4.79. The number of hydrogen-bond acceptors (Lipinski definition) is 2. The summed E-state index contributed by atoms with van der Waals surface area (Å²) in [7, 11) is 0. The van der Waals surface area contributed by atoms with Crippen LogP contribution in [0.4, 0.5) is 0 Å². The molecule has 1 saturated heterocycles. The van der Waals surface area contributed by atoms with Crippen LogP contribution in [0.3, 0.4) is 0 Å².